The van der Waals surface area contributed by atoms with Crippen molar-refractivity contribution in [3.05, 3.63) is 35.6 Å². The summed E-state index contributed by atoms with van der Waals surface area (Å²) in [4.78, 5) is 2.22. The molecule has 0 aromatic heterocycles. The van der Waals surface area contributed by atoms with Crippen LogP contribution in [0.3, 0.4) is 0 Å². The summed E-state index contributed by atoms with van der Waals surface area (Å²) >= 11 is 0. The molecule has 2 unspecified atom stereocenters. The van der Waals surface area contributed by atoms with Crippen LogP contribution in [0.5, 0.6) is 0 Å². The molecule has 0 bridgehead atoms. The highest BCUT2D eigenvalue weighted by atomic mass is 19.1. The summed E-state index contributed by atoms with van der Waals surface area (Å²) in [5.74, 6) is -0.325. The van der Waals surface area contributed by atoms with Crippen molar-refractivity contribution in [2.75, 3.05) is 13.6 Å². The van der Waals surface area contributed by atoms with Gasteiger partial charge in [-0.1, -0.05) is 31.5 Å². The number of aliphatic hydroxyl groups excluding tert-OH is 1. The molecule has 0 radical (unpaired) electrons. The molecule has 0 amide bonds. The van der Waals surface area contributed by atoms with Gasteiger partial charge in [0.05, 0.1) is 6.10 Å². The van der Waals surface area contributed by atoms with Crippen LogP contribution in [-0.2, 0) is 0 Å². The fourth-order valence-electron chi connectivity index (χ4n) is 2.09. The second-order valence-electron chi connectivity index (χ2n) is 4.94. The van der Waals surface area contributed by atoms with Gasteiger partial charge in [0.1, 0.15) is 5.82 Å². The highest BCUT2D eigenvalue weighted by molar-refractivity contribution is 5.19. The molecule has 0 aliphatic heterocycles. The summed E-state index contributed by atoms with van der Waals surface area (Å²) in [7, 11) is 2.05. The number of hydrogen-bond donors (Lipinski definition) is 1. The van der Waals surface area contributed by atoms with Crippen molar-refractivity contribution in [1.29, 1.82) is 0 Å². The van der Waals surface area contributed by atoms with Gasteiger partial charge >= 0.3 is 0 Å². The van der Waals surface area contributed by atoms with Crippen LogP contribution < -0.4 is 0 Å². The van der Waals surface area contributed by atoms with Gasteiger partial charge in [-0.2, -0.15) is 0 Å². The Morgan fingerprint density at radius 2 is 1.94 bits per heavy atom. The molecule has 1 aromatic carbocycles. The lowest BCUT2D eigenvalue weighted by molar-refractivity contribution is 0.134. The zero-order valence-corrected chi connectivity index (χ0v) is 11.6. The number of nitrogens with zero attached hydrogens (tertiary/aromatic N) is 1. The Balaban J connectivity index is 2.46. The number of aliphatic hydroxyl groups is 1. The van der Waals surface area contributed by atoms with Gasteiger partial charge in [0.25, 0.3) is 0 Å². The van der Waals surface area contributed by atoms with Gasteiger partial charge in [-0.25, -0.2) is 4.39 Å². The van der Waals surface area contributed by atoms with E-state index in [-0.39, 0.29) is 5.82 Å². The van der Waals surface area contributed by atoms with Crippen molar-refractivity contribution in [3.63, 3.8) is 0 Å². The Bertz CT molecular complexity index is 356. The van der Waals surface area contributed by atoms with Crippen LogP contribution in [0.25, 0.3) is 0 Å². The average Bonchev–Trinajstić information content (AvgIpc) is 2.36. The Morgan fingerprint density at radius 1 is 1.28 bits per heavy atom. The van der Waals surface area contributed by atoms with Gasteiger partial charge in [-0.15, -0.1) is 0 Å². The van der Waals surface area contributed by atoms with Gasteiger partial charge in [-0.3, -0.25) is 0 Å². The molecule has 18 heavy (non-hydrogen) atoms. The quantitative estimate of drug-likeness (QED) is 0.805. The molecule has 0 aliphatic carbocycles. The standard InChI is InChI=1S/C15H24FNO/c1-4-7-12(2)17(3)11-10-15(18)13-8-5-6-9-14(13)16/h5-6,8-9,12,15,18H,4,7,10-11H2,1-3H3. The third kappa shape index (κ3) is 4.39. The maximum absolute atomic E-state index is 13.5. The largest absolute Gasteiger partial charge is 0.388 e. The minimum absolute atomic E-state index is 0.325. The lowest BCUT2D eigenvalue weighted by atomic mass is 10.1. The molecular formula is C15H24FNO. The maximum atomic E-state index is 13.5. The summed E-state index contributed by atoms with van der Waals surface area (Å²) in [6, 6.07) is 6.94. The molecule has 0 heterocycles. The first-order chi connectivity index (χ1) is 8.56. The highest BCUT2D eigenvalue weighted by Crippen LogP contribution is 2.20. The van der Waals surface area contributed by atoms with Crippen molar-refractivity contribution in [3.8, 4) is 0 Å². The maximum Gasteiger partial charge on any atom is 0.128 e. The molecule has 1 N–H and O–H groups in total. The number of benzene rings is 1. The SMILES string of the molecule is CCCC(C)N(C)CCC(O)c1ccccc1F. The van der Waals surface area contributed by atoms with Crippen LogP contribution in [0.1, 0.15) is 44.8 Å². The summed E-state index contributed by atoms with van der Waals surface area (Å²) in [6.07, 6.45) is 2.14. The van der Waals surface area contributed by atoms with E-state index in [1.165, 1.54) is 6.07 Å². The van der Waals surface area contributed by atoms with Gasteiger partial charge in [0.15, 0.2) is 0 Å². The molecule has 0 fully saturated rings. The van der Waals surface area contributed by atoms with Crippen LogP contribution in [0.15, 0.2) is 24.3 Å². The molecule has 3 heteroatoms. The van der Waals surface area contributed by atoms with Crippen LogP contribution in [0.2, 0.25) is 0 Å². The van der Waals surface area contributed by atoms with Gasteiger partial charge in [0.2, 0.25) is 0 Å². The average molecular weight is 253 g/mol. The van der Waals surface area contributed by atoms with Gasteiger partial charge in [0, 0.05) is 18.2 Å². The lowest BCUT2D eigenvalue weighted by Crippen LogP contribution is -2.30. The summed E-state index contributed by atoms with van der Waals surface area (Å²) in [5.41, 5.74) is 0.397. The molecule has 0 saturated carbocycles. The Labute approximate surface area is 109 Å². The Hall–Kier alpha value is -0.930. The van der Waals surface area contributed by atoms with Crippen LogP contribution in [0, 0.1) is 5.82 Å². The molecule has 102 valence electrons. The molecular weight excluding hydrogens is 229 g/mol. The molecule has 0 aliphatic rings. The zero-order valence-electron chi connectivity index (χ0n) is 11.6. The van der Waals surface area contributed by atoms with E-state index in [2.05, 4.69) is 18.7 Å². The van der Waals surface area contributed by atoms with E-state index < -0.39 is 6.10 Å². The van der Waals surface area contributed by atoms with Crippen LogP contribution in [-0.4, -0.2) is 29.6 Å². The zero-order chi connectivity index (χ0) is 13.5. The van der Waals surface area contributed by atoms with Gasteiger partial charge in [-0.05, 0) is 32.9 Å². The predicted molar refractivity (Wildman–Crippen MR) is 73.0 cm³/mol. The second-order valence-corrected chi connectivity index (χ2v) is 4.94. The van der Waals surface area contributed by atoms with Crippen molar-refractivity contribution in [1.82, 2.24) is 4.90 Å². The van der Waals surface area contributed by atoms with Crippen LogP contribution in [0.4, 0.5) is 4.39 Å². The van der Waals surface area contributed by atoms with E-state index in [1.54, 1.807) is 18.2 Å². The molecule has 0 saturated heterocycles. The fraction of sp³-hybridized carbons (Fsp3) is 0.600. The van der Waals surface area contributed by atoms with Crippen molar-refractivity contribution in [2.45, 2.75) is 45.3 Å². The van der Waals surface area contributed by atoms with E-state index in [4.69, 9.17) is 0 Å². The number of rotatable bonds is 7. The Kier molecular flexibility index (Phi) is 6.30. The highest BCUT2D eigenvalue weighted by Gasteiger charge is 2.14. The molecule has 0 spiro atoms. The van der Waals surface area contributed by atoms with Crippen molar-refractivity contribution in [2.24, 2.45) is 0 Å². The Morgan fingerprint density at radius 3 is 2.56 bits per heavy atom. The monoisotopic (exact) mass is 253 g/mol. The first kappa shape index (κ1) is 15.1. The summed E-state index contributed by atoms with van der Waals surface area (Å²) in [6.45, 7) is 5.12. The van der Waals surface area contributed by atoms with Gasteiger partial charge < -0.3 is 10.0 Å². The third-order valence-corrected chi connectivity index (χ3v) is 3.48. The normalized spacial score (nSPS) is 14.8. The molecule has 1 rings (SSSR count). The number of halogens is 1. The molecule has 1 aromatic rings. The molecule has 2 atom stereocenters. The fourth-order valence-corrected chi connectivity index (χ4v) is 2.09. The van der Waals surface area contributed by atoms with E-state index in [1.807, 2.05) is 7.05 Å². The van der Waals surface area contributed by atoms with E-state index >= 15 is 0 Å². The summed E-state index contributed by atoms with van der Waals surface area (Å²) in [5, 5.41) is 10.00. The minimum Gasteiger partial charge on any atom is -0.388 e. The first-order valence-electron chi connectivity index (χ1n) is 6.69. The summed E-state index contributed by atoms with van der Waals surface area (Å²) < 4.78 is 13.5. The lowest BCUT2D eigenvalue weighted by Gasteiger charge is -2.25. The molecule has 2 nitrogen and oxygen atoms in total. The number of hydrogen-bond acceptors (Lipinski definition) is 2. The third-order valence-electron chi connectivity index (χ3n) is 3.48. The predicted octanol–water partition coefficient (Wildman–Crippen LogP) is 3.37. The smallest absolute Gasteiger partial charge is 0.128 e. The topological polar surface area (TPSA) is 23.5 Å². The van der Waals surface area contributed by atoms with E-state index in [9.17, 15) is 9.50 Å². The van der Waals surface area contributed by atoms with Crippen LogP contribution >= 0.6 is 0 Å². The van der Waals surface area contributed by atoms with Crippen molar-refractivity contribution < 1.29 is 9.50 Å². The van der Waals surface area contributed by atoms with Crippen molar-refractivity contribution >= 4 is 0 Å². The second kappa shape index (κ2) is 7.49. The first-order valence-corrected chi connectivity index (χ1v) is 6.69. The van der Waals surface area contributed by atoms with E-state index in [0.717, 1.165) is 19.4 Å². The van der Waals surface area contributed by atoms with E-state index in [0.29, 0.717) is 18.0 Å². The minimum atomic E-state index is -0.720.